The number of halogens is 1. The van der Waals surface area contributed by atoms with E-state index in [0.29, 0.717) is 25.7 Å². The monoisotopic (exact) mass is 556 g/mol. The average molecular weight is 556 g/mol. The molecular weight excluding hydrogens is 519 g/mol. The van der Waals surface area contributed by atoms with Crippen LogP contribution in [0.5, 0.6) is 17.2 Å². The highest BCUT2D eigenvalue weighted by Crippen LogP contribution is 2.24. The van der Waals surface area contributed by atoms with Crippen LogP contribution in [-0.4, -0.2) is 58.4 Å². The van der Waals surface area contributed by atoms with E-state index in [-0.39, 0.29) is 24.0 Å². The van der Waals surface area contributed by atoms with Crippen molar-refractivity contribution >= 4 is 29.9 Å². The SMILES string of the molecule is CCN(CC)CCOc1ccccc1CNC(=NC)NCc1ccc(OC)cc1OC.I. The Morgan fingerprint density at radius 3 is 2.16 bits per heavy atom. The van der Waals surface area contributed by atoms with Gasteiger partial charge in [-0.05, 0) is 31.3 Å². The number of hydrogen-bond donors (Lipinski definition) is 2. The zero-order valence-electron chi connectivity index (χ0n) is 19.8. The van der Waals surface area contributed by atoms with Crippen molar-refractivity contribution < 1.29 is 14.2 Å². The van der Waals surface area contributed by atoms with Crippen molar-refractivity contribution in [1.29, 1.82) is 0 Å². The first-order chi connectivity index (χ1) is 15.1. The lowest BCUT2D eigenvalue weighted by molar-refractivity contribution is 0.221. The summed E-state index contributed by atoms with van der Waals surface area (Å²) >= 11 is 0. The lowest BCUT2D eigenvalue weighted by Gasteiger charge is -2.19. The van der Waals surface area contributed by atoms with Gasteiger partial charge in [-0.1, -0.05) is 32.0 Å². The van der Waals surface area contributed by atoms with Crippen molar-refractivity contribution in [2.24, 2.45) is 4.99 Å². The Labute approximate surface area is 209 Å². The lowest BCUT2D eigenvalue weighted by Crippen LogP contribution is -2.36. The number of hydrogen-bond acceptors (Lipinski definition) is 5. The number of rotatable bonds is 12. The van der Waals surface area contributed by atoms with Gasteiger partial charge in [0.2, 0.25) is 0 Å². The Morgan fingerprint density at radius 1 is 0.906 bits per heavy atom. The Kier molecular flexibility index (Phi) is 13.5. The van der Waals surface area contributed by atoms with Crippen LogP contribution in [0.25, 0.3) is 0 Å². The molecular formula is C24H37IN4O3. The summed E-state index contributed by atoms with van der Waals surface area (Å²) in [4.78, 5) is 6.67. The summed E-state index contributed by atoms with van der Waals surface area (Å²) in [5, 5.41) is 6.69. The summed E-state index contributed by atoms with van der Waals surface area (Å²) in [6.45, 7) is 9.18. The standard InChI is InChI=1S/C24H36N4O3.HI/c1-6-28(7-2)14-15-31-22-11-9-8-10-19(22)17-26-24(25-3)27-18-20-12-13-21(29-4)16-23(20)30-5;/h8-13,16H,6-7,14-15,17-18H2,1-5H3,(H2,25,26,27);1H. The summed E-state index contributed by atoms with van der Waals surface area (Å²) in [6, 6.07) is 13.9. The molecule has 0 aliphatic heterocycles. The van der Waals surface area contributed by atoms with Gasteiger partial charge in [-0.15, -0.1) is 24.0 Å². The zero-order chi connectivity index (χ0) is 22.5. The Bertz CT molecular complexity index is 829. The van der Waals surface area contributed by atoms with Gasteiger partial charge in [0.15, 0.2) is 5.96 Å². The molecule has 0 atom stereocenters. The van der Waals surface area contributed by atoms with Crippen LogP contribution in [0.3, 0.4) is 0 Å². The maximum Gasteiger partial charge on any atom is 0.191 e. The Balaban J connectivity index is 0.00000512. The summed E-state index contributed by atoms with van der Waals surface area (Å²) < 4.78 is 16.8. The van der Waals surface area contributed by atoms with E-state index >= 15 is 0 Å². The predicted octanol–water partition coefficient (Wildman–Crippen LogP) is 3.91. The molecule has 2 rings (SSSR count). The maximum atomic E-state index is 6.05. The second-order valence-electron chi connectivity index (χ2n) is 6.94. The molecule has 0 saturated carbocycles. The second-order valence-corrected chi connectivity index (χ2v) is 6.94. The number of methoxy groups -OCH3 is 2. The largest absolute Gasteiger partial charge is 0.497 e. The van der Waals surface area contributed by atoms with E-state index in [0.717, 1.165) is 48.0 Å². The first-order valence-corrected chi connectivity index (χ1v) is 10.7. The summed E-state index contributed by atoms with van der Waals surface area (Å²) in [5.41, 5.74) is 2.11. The van der Waals surface area contributed by atoms with E-state index in [4.69, 9.17) is 14.2 Å². The molecule has 0 aromatic heterocycles. The van der Waals surface area contributed by atoms with Crippen molar-refractivity contribution in [2.75, 3.05) is 47.5 Å². The molecule has 0 unspecified atom stereocenters. The minimum atomic E-state index is 0. The predicted molar refractivity (Wildman–Crippen MR) is 142 cm³/mol. The molecule has 32 heavy (non-hydrogen) atoms. The molecule has 0 aliphatic rings. The van der Waals surface area contributed by atoms with Gasteiger partial charge >= 0.3 is 0 Å². The quantitative estimate of drug-likeness (QED) is 0.235. The van der Waals surface area contributed by atoms with Crippen LogP contribution < -0.4 is 24.8 Å². The normalized spacial score (nSPS) is 11.0. The second kappa shape index (κ2) is 15.6. The molecule has 7 nitrogen and oxygen atoms in total. The molecule has 0 aliphatic carbocycles. The number of benzene rings is 2. The van der Waals surface area contributed by atoms with Crippen LogP contribution in [0.15, 0.2) is 47.5 Å². The Morgan fingerprint density at radius 2 is 1.56 bits per heavy atom. The highest BCUT2D eigenvalue weighted by atomic mass is 127. The van der Waals surface area contributed by atoms with Gasteiger partial charge in [0.1, 0.15) is 23.9 Å². The third-order valence-corrected chi connectivity index (χ3v) is 5.14. The number of para-hydroxylation sites is 1. The van der Waals surface area contributed by atoms with Crippen molar-refractivity contribution in [2.45, 2.75) is 26.9 Å². The minimum Gasteiger partial charge on any atom is -0.497 e. The number of ether oxygens (including phenoxy) is 3. The van der Waals surface area contributed by atoms with E-state index in [1.807, 2.05) is 36.4 Å². The molecule has 178 valence electrons. The smallest absolute Gasteiger partial charge is 0.191 e. The number of nitrogens with zero attached hydrogens (tertiary/aromatic N) is 2. The molecule has 0 saturated heterocycles. The zero-order valence-corrected chi connectivity index (χ0v) is 22.1. The van der Waals surface area contributed by atoms with Crippen LogP contribution in [0.2, 0.25) is 0 Å². The lowest BCUT2D eigenvalue weighted by atomic mass is 10.2. The molecule has 0 amide bonds. The number of nitrogens with one attached hydrogen (secondary N) is 2. The van der Waals surface area contributed by atoms with Crippen molar-refractivity contribution in [3.05, 3.63) is 53.6 Å². The highest BCUT2D eigenvalue weighted by molar-refractivity contribution is 14.0. The number of likely N-dealkylation sites (N-methyl/N-ethyl adjacent to an activating group) is 1. The molecule has 0 heterocycles. The molecule has 8 heteroatoms. The van der Waals surface area contributed by atoms with Gasteiger partial charge in [-0.25, -0.2) is 0 Å². The van der Waals surface area contributed by atoms with Crippen LogP contribution in [0.4, 0.5) is 0 Å². The van der Waals surface area contributed by atoms with Gasteiger partial charge in [-0.3, -0.25) is 4.99 Å². The number of guanidine groups is 1. The van der Waals surface area contributed by atoms with Crippen molar-refractivity contribution in [3.63, 3.8) is 0 Å². The topological polar surface area (TPSA) is 67.4 Å². The van der Waals surface area contributed by atoms with Crippen molar-refractivity contribution in [1.82, 2.24) is 15.5 Å². The third-order valence-electron chi connectivity index (χ3n) is 5.14. The molecule has 0 spiro atoms. The van der Waals surface area contributed by atoms with E-state index in [9.17, 15) is 0 Å². The molecule has 2 aromatic carbocycles. The van der Waals surface area contributed by atoms with Gasteiger partial charge in [0.05, 0.1) is 14.2 Å². The summed E-state index contributed by atoms with van der Waals surface area (Å²) in [6.07, 6.45) is 0. The van der Waals surface area contributed by atoms with Crippen LogP contribution >= 0.6 is 24.0 Å². The third kappa shape index (κ3) is 8.74. The Hall–Kier alpha value is -2.20. The van der Waals surface area contributed by atoms with E-state index in [1.165, 1.54) is 0 Å². The van der Waals surface area contributed by atoms with E-state index in [2.05, 4.69) is 40.4 Å². The van der Waals surface area contributed by atoms with Crippen LogP contribution in [0.1, 0.15) is 25.0 Å². The fourth-order valence-electron chi connectivity index (χ4n) is 3.19. The fraction of sp³-hybridized carbons (Fsp3) is 0.458. The molecule has 0 radical (unpaired) electrons. The first-order valence-electron chi connectivity index (χ1n) is 10.7. The van der Waals surface area contributed by atoms with Gasteiger partial charge in [-0.2, -0.15) is 0 Å². The molecule has 2 N–H and O–H groups in total. The van der Waals surface area contributed by atoms with E-state index in [1.54, 1.807) is 21.3 Å². The number of aliphatic imine (C=N–C) groups is 1. The van der Waals surface area contributed by atoms with Gasteiger partial charge < -0.3 is 29.7 Å². The average Bonchev–Trinajstić information content (AvgIpc) is 2.82. The summed E-state index contributed by atoms with van der Waals surface area (Å²) in [7, 11) is 5.05. The minimum absolute atomic E-state index is 0. The van der Waals surface area contributed by atoms with Crippen LogP contribution in [0, 0.1) is 0 Å². The van der Waals surface area contributed by atoms with E-state index < -0.39 is 0 Å². The molecule has 2 aromatic rings. The molecule has 0 bridgehead atoms. The summed E-state index contributed by atoms with van der Waals surface area (Å²) in [5.74, 6) is 3.14. The van der Waals surface area contributed by atoms with Crippen molar-refractivity contribution in [3.8, 4) is 17.2 Å². The highest BCUT2D eigenvalue weighted by Gasteiger charge is 2.08. The van der Waals surface area contributed by atoms with Crippen LogP contribution in [-0.2, 0) is 13.1 Å². The van der Waals surface area contributed by atoms with Gasteiger partial charge in [0, 0.05) is 43.9 Å². The molecule has 0 fully saturated rings. The first kappa shape index (κ1) is 27.8. The van der Waals surface area contributed by atoms with Gasteiger partial charge in [0.25, 0.3) is 0 Å². The fourth-order valence-corrected chi connectivity index (χ4v) is 3.19. The maximum absolute atomic E-state index is 6.05.